The molecule has 1 saturated carbocycles. The van der Waals surface area contributed by atoms with Gasteiger partial charge in [-0.25, -0.2) is 14.4 Å². The van der Waals surface area contributed by atoms with Crippen LogP contribution >= 0.6 is 0 Å². The highest BCUT2D eigenvalue weighted by atomic mass is 19.1. The second kappa shape index (κ2) is 10.5. The fourth-order valence-corrected chi connectivity index (χ4v) is 4.95. The number of H-pyrrole nitrogens is 1. The van der Waals surface area contributed by atoms with Gasteiger partial charge in [0.05, 0.1) is 5.52 Å². The molecular formula is C28H32FN7O3. The third-order valence-electron chi connectivity index (χ3n) is 6.97. The van der Waals surface area contributed by atoms with Gasteiger partial charge in [0, 0.05) is 48.2 Å². The van der Waals surface area contributed by atoms with Crippen LogP contribution in [0, 0.1) is 5.82 Å². The molecule has 2 amide bonds. The summed E-state index contributed by atoms with van der Waals surface area (Å²) in [7, 11) is 0. The summed E-state index contributed by atoms with van der Waals surface area (Å²) in [5.74, 6) is 0.227. The Hall–Kier alpha value is -4.15. The Morgan fingerprint density at radius 2 is 2.00 bits per heavy atom. The maximum Gasteiger partial charge on any atom is 0.315 e. The summed E-state index contributed by atoms with van der Waals surface area (Å²) in [4.78, 5) is 40.7. The normalized spacial score (nSPS) is 17.8. The van der Waals surface area contributed by atoms with Crippen molar-refractivity contribution in [3.63, 3.8) is 0 Å². The van der Waals surface area contributed by atoms with Gasteiger partial charge in [-0.2, -0.15) is 4.98 Å². The van der Waals surface area contributed by atoms with Gasteiger partial charge in [-0.05, 0) is 37.0 Å². The van der Waals surface area contributed by atoms with Crippen LogP contribution in [-0.2, 0) is 16.8 Å². The Balaban J connectivity index is 1.31. The summed E-state index contributed by atoms with van der Waals surface area (Å²) in [5, 5.41) is 9.51. The Kier molecular flexibility index (Phi) is 7.16. The Morgan fingerprint density at radius 1 is 1.18 bits per heavy atom. The highest BCUT2D eigenvalue weighted by Crippen LogP contribution is 2.34. The number of nitrogens with zero attached hydrogens (tertiary/aromatic N) is 4. The SMILES string of the molecule is CC(=O)NC1CCCC(c2nc3nccc(-c4ccc(CNC(=O)c5nc(C(C)(C)C)no5)c(F)c4)c3[nH]2)C1. The second-order valence-corrected chi connectivity index (χ2v) is 11.1. The number of aromatic nitrogens is 5. The number of nitrogens with one attached hydrogen (secondary N) is 3. The number of carbonyl (C=O) groups is 2. The molecule has 3 aromatic heterocycles. The van der Waals surface area contributed by atoms with Crippen molar-refractivity contribution in [1.82, 2.24) is 35.7 Å². The molecule has 0 bridgehead atoms. The lowest BCUT2D eigenvalue weighted by atomic mass is 9.85. The number of fused-ring (bicyclic) bond motifs is 1. The van der Waals surface area contributed by atoms with Gasteiger partial charge in [-0.1, -0.05) is 44.5 Å². The number of aromatic amines is 1. The minimum atomic E-state index is -0.564. The van der Waals surface area contributed by atoms with Crippen molar-refractivity contribution < 1.29 is 18.5 Å². The molecule has 1 fully saturated rings. The van der Waals surface area contributed by atoms with Crippen molar-refractivity contribution in [1.29, 1.82) is 0 Å². The summed E-state index contributed by atoms with van der Waals surface area (Å²) in [5.41, 5.74) is 2.71. The first-order valence-electron chi connectivity index (χ1n) is 13.1. The van der Waals surface area contributed by atoms with E-state index in [1.165, 1.54) is 13.0 Å². The van der Waals surface area contributed by atoms with E-state index in [4.69, 9.17) is 9.51 Å². The third kappa shape index (κ3) is 5.81. The van der Waals surface area contributed by atoms with Gasteiger partial charge in [0.2, 0.25) is 5.91 Å². The number of hydrogen-bond acceptors (Lipinski definition) is 7. The largest absolute Gasteiger partial charge is 0.354 e. The summed E-state index contributed by atoms with van der Waals surface area (Å²) in [6.45, 7) is 7.24. The van der Waals surface area contributed by atoms with Crippen LogP contribution in [0.25, 0.3) is 22.3 Å². The lowest BCUT2D eigenvalue weighted by Gasteiger charge is -2.28. The van der Waals surface area contributed by atoms with Crippen LogP contribution in [0.5, 0.6) is 0 Å². The summed E-state index contributed by atoms with van der Waals surface area (Å²) in [6, 6.07) is 6.84. The topological polar surface area (TPSA) is 139 Å². The predicted octanol–water partition coefficient (Wildman–Crippen LogP) is 4.54. The highest BCUT2D eigenvalue weighted by molar-refractivity contribution is 5.90. The van der Waals surface area contributed by atoms with Crippen molar-refractivity contribution in [2.75, 3.05) is 0 Å². The van der Waals surface area contributed by atoms with Crippen molar-refractivity contribution in [2.45, 2.75) is 77.3 Å². The Bertz CT molecular complexity index is 1520. The van der Waals surface area contributed by atoms with E-state index >= 15 is 4.39 Å². The molecule has 4 aromatic rings. The number of carbonyl (C=O) groups excluding carboxylic acids is 2. The van der Waals surface area contributed by atoms with Gasteiger partial charge in [0.15, 0.2) is 11.5 Å². The van der Waals surface area contributed by atoms with Crippen LogP contribution in [0.2, 0.25) is 0 Å². The molecule has 0 saturated heterocycles. The molecule has 1 aliphatic rings. The third-order valence-corrected chi connectivity index (χ3v) is 6.97. The number of pyridine rings is 1. The molecule has 11 heteroatoms. The molecule has 0 spiro atoms. The number of hydrogen-bond donors (Lipinski definition) is 3. The van der Waals surface area contributed by atoms with Crippen LogP contribution in [0.1, 0.15) is 87.2 Å². The average Bonchev–Trinajstić information content (AvgIpc) is 3.55. The Morgan fingerprint density at radius 3 is 2.72 bits per heavy atom. The smallest absolute Gasteiger partial charge is 0.315 e. The number of halogens is 1. The zero-order valence-electron chi connectivity index (χ0n) is 22.5. The lowest BCUT2D eigenvalue weighted by Crippen LogP contribution is -2.36. The summed E-state index contributed by atoms with van der Waals surface area (Å²) >= 11 is 0. The monoisotopic (exact) mass is 533 g/mol. The molecule has 1 aromatic carbocycles. The first-order valence-corrected chi connectivity index (χ1v) is 13.1. The van der Waals surface area contributed by atoms with Crippen molar-refractivity contribution >= 4 is 23.0 Å². The Labute approximate surface area is 225 Å². The molecule has 3 N–H and O–H groups in total. The van der Waals surface area contributed by atoms with Crippen LogP contribution in [0.3, 0.4) is 0 Å². The van der Waals surface area contributed by atoms with E-state index in [2.05, 4.69) is 30.7 Å². The van der Waals surface area contributed by atoms with Gasteiger partial charge in [0.1, 0.15) is 11.6 Å². The van der Waals surface area contributed by atoms with Gasteiger partial charge >= 0.3 is 11.8 Å². The molecule has 2 atom stereocenters. The van der Waals surface area contributed by atoms with Crippen LogP contribution in [0.4, 0.5) is 4.39 Å². The molecule has 0 aliphatic heterocycles. The van der Waals surface area contributed by atoms with E-state index in [9.17, 15) is 9.59 Å². The fourth-order valence-electron chi connectivity index (χ4n) is 4.95. The maximum absolute atomic E-state index is 15.1. The first-order chi connectivity index (χ1) is 18.6. The van der Waals surface area contributed by atoms with Crippen molar-refractivity contribution in [3.8, 4) is 11.1 Å². The quantitative estimate of drug-likeness (QED) is 0.331. The molecule has 3 heterocycles. The zero-order valence-corrected chi connectivity index (χ0v) is 22.5. The molecular weight excluding hydrogens is 501 g/mol. The van der Waals surface area contributed by atoms with Gasteiger partial charge in [-0.15, -0.1) is 0 Å². The van der Waals surface area contributed by atoms with Crippen LogP contribution in [0.15, 0.2) is 35.0 Å². The molecule has 2 unspecified atom stereocenters. The van der Waals surface area contributed by atoms with E-state index < -0.39 is 11.7 Å². The molecule has 39 heavy (non-hydrogen) atoms. The standard InChI is InChI=1S/C28H32FN7O3/c1-15(37)32-19-7-5-6-17(12-19)23-33-22-20(10-11-30-24(22)34-23)16-8-9-18(21(29)13-16)14-31-25(38)26-35-27(36-39-26)28(2,3)4/h8-11,13,17,19H,5-7,12,14H2,1-4H3,(H,31,38)(H,32,37)(H,30,33,34). The molecule has 204 valence electrons. The average molecular weight is 534 g/mol. The fraction of sp³-hybridized carbons (Fsp3) is 0.429. The first kappa shape index (κ1) is 26.5. The minimum Gasteiger partial charge on any atom is -0.354 e. The summed E-state index contributed by atoms with van der Waals surface area (Å²) in [6.07, 6.45) is 5.40. The molecule has 1 aliphatic carbocycles. The van der Waals surface area contributed by atoms with E-state index in [0.717, 1.165) is 42.6 Å². The van der Waals surface area contributed by atoms with E-state index in [-0.39, 0.29) is 35.7 Å². The summed E-state index contributed by atoms with van der Waals surface area (Å²) < 4.78 is 20.2. The van der Waals surface area contributed by atoms with E-state index in [1.807, 2.05) is 26.8 Å². The molecule has 5 rings (SSSR count). The van der Waals surface area contributed by atoms with Gasteiger partial charge in [-0.3, -0.25) is 9.59 Å². The van der Waals surface area contributed by atoms with E-state index in [0.29, 0.717) is 22.6 Å². The zero-order chi connectivity index (χ0) is 27.7. The lowest BCUT2D eigenvalue weighted by molar-refractivity contribution is -0.119. The van der Waals surface area contributed by atoms with E-state index in [1.54, 1.807) is 18.3 Å². The predicted molar refractivity (Wildman–Crippen MR) is 142 cm³/mol. The molecule has 10 nitrogen and oxygen atoms in total. The number of imidazole rings is 1. The number of amides is 2. The van der Waals surface area contributed by atoms with Gasteiger partial charge < -0.3 is 20.1 Å². The number of benzene rings is 1. The van der Waals surface area contributed by atoms with Gasteiger partial charge in [0.25, 0.3) is 0 Å². The van der Waals surface area contributed by atoms with Crippen LogP contribution in [-0.4, -0.2) is 42.9 Å². The second-order valence-electron chi connectivity index (χ2n) is 11.1. The van der Waals surface area contributed by atoms with Crippen molar-refractivity contribution in [2.24, 2.45) is 0 Å². The van der Waals surface area contributed by atoms with Crippen LogP contribution < -0.4 is 10.6 Å². The van der Waals surface area contributed by atoms with Crippen molar-refractivity contribution in [3.05, 3.63) is 59.4 Å². The molecule has 0 radical (unpaired) electrons. The number of rotatable bonds is 6. The maximum atomic E-state index is 15.1. The minimum absolute atomic E-state index is 0.0245. The highest BCUT2D eigenvalue weighted by Gasteiger charge is 2.27.